The molecule has 0 unspecified atom stereocenters. The summed E-state index contributed by atoms with van der Waals surface area (Å²) in [6.07, 6.45) is -0.127. The second-order valence-corrected chi connectivity index (χ2v) is 8.01. The summed E-state index contributed by atoms with van der Waals surface area (Å²) in [6.45, 7) is 0.986. The lowest BCUT2D eigenvalue weighted by atomic mass is 10.1. The fourth-order valence-corrected chi connectivity index (χ4v) is 3.37. The van der Waals surface area contributed by atoms with Crippen LogP contribution in [0.15, 0.2) is 48.7 Å². The maximum absolute atomic E-state index is 13.8. The first-order valence-electron chi connectivity index (χ1n) is 10.7. The number of carbonyl (C=O) groups excluding carboxylic acids is 2. The maximum Gasteiger partial charge on any atom is 0.412 e. The van der Waals surface area contributed by atoms with Crippen molar-refractivity contribution in [2.24, 2.45) is 0 Å². The first kappa shape index (κ1) is 25.8. The summed E-state index contributed by atoms with van der Waals surface area (Å²) in [6, 6.07) is 7.92. The molecule has 11 heteroatoms. The Morgan fingerprint density at radius 2 is 1.91 bits per heavy atom. The summed E-state index contributed by atoms with van der Waals surface area (Å²) in [5.41, 5.74) is -0.0304. The normalized spacial score (nSPS) is 12.6. The zero-order chi connectivity index (χ0) is 25.5. The highest BCUT2D eigenvalue weighted by Crippen LogP contribution is 2.18. The predicted octanol–water partition coefficient (Wildman–Crippen LogP) is 4.18. The third-order valence-corrected chi connectivity index (χ3v) is 5.26. The van der Waals surface area contributed by atoms with Crippen molar-refractivity contribution < 1.29 is 32.6 Å². The van der Waals surface area contributed by atoms with Crippen LogP contribution >= 0.6 is 0 Å². The number of fused-ring (bicyclic) bond motifs is 1. The maximum atomic E-state index is 13.8. The molecule has 0 saturated carbocycles. The molecule has 0 bridgehead atoms. The minimum absolute atomic E-state index is 0.0304. The number of ether oxygens (including phenoxy) is 1. The summed E-state index contributed by atoms with van der Waals surface area (Å²) in [4.78, 5) is 30.1. The van der Waals surface area contributed by atoms with E-state index in [9.17, 15) is 27.9 Å². The molecule has 0 radical (unpaired) electrons. The van der Waals surface area contributed by atoms with Gasteiger partial charge in [-0.25, -0.2) is 27.7 Å². The van der Waals surface area contributed by atoms with Crippen LogP contribution in [0, 0.1) is 17.5 Å². The van der Waals surface area contributed by atoms with Gasteiger partial charge in [0, 0.05) is 30.7 Å². The van der Waals surface area contributed by atoms with E-state index in [1.165, 1.54) is 55.4 Å². The Hall–Kier alpha value is -3.86. The molecule has 0 saturated heterocycles. The molecule has 0 aliphatic carbocycles. The number of hydrogen-bond donors (Lipinski definition) is 3. The molecule has 2 aromatic carbocycles. The molecule has 1 heterocycles. The van der Waals surface area contributed by atoms with Crippen molar-refractivity contribution in [1.82, 2.24) is 15.2 Å². The van der Waals surface area contributed by atoms with Crippen molar-refractivity contribution >= 4 is 28.7 Å². The third kappa shape index (κ3) is 7.06. The van der Waals surface area contributed by atoms with E-state index in [2.05, 4.69) is 15.6 Å². The number of hydrogen-bond acceptors (Lipinski definition) is 5. The van der Waals surface area contributed by atoms with Crippen LogP contribution in [0.4, 0.5) is 28.6 Å². The minimum Gasteiger partial charge on any atom is -0.447 e. The second-order valence-electron chi connectivity index (χ2n) is 8.01. The van der Waals surface area contributed by atoms with Crippen LogP contribution in [0.5, 0.6) is 0 Å². The zero-order valence-electron chi connectivity index (χ0n) is 19.1. The zero-order valence-corrected chi connectivity index (χ0v) is 19.1. The van der Waals surface area contributed by atoms with Gasteiger partial charge in [-0.1, -0.05) is 12.1 Å². The van der Waals surface area contributed by atoms with Gasteiger partial charge < -0.3 is 20.1 Å². The monoisotopic (exact) mass is 490 g/mol. The molecule has 0 aliphatic heterocycles. The molecule has 3 aromatic rings. The molecule has 0 fully saturated rings. The van der Waals surface area contributed by atoms with Crippen molar-refractivity contribution in [3.63, 3.8) is 0 Å². The number of rotatable bonds is 8. The number of urea groups is 1. The summed E-state index contributed by atoms with van der Waals surface area (Å²) < 4.78 is 45.8. The highest BCUT2D eigenvalue weighted by molar-refractivity contribution is 5.89. The minimum atomic E-state index is -1.05. The molecular weight excluding hydrogens is 465 g/mol. The van der Waals surface area contributed by atoms with Crippen LogP contribution in [-0.2, 0) is 11.3 Å². The summed E-state index contributed by atoms with van der Waals surface area (Å²) in [7, 11) is 1.42. The number of carbonyl (C=O) groups is 2. The molecule has 186 valence electrons. The standard InChI is InChI=1S/C24H25F3N4O4/c1-14(32)8-19(31(2)23(33)29-12-16-4-3-5-20(26)22(16)27)13-35-24(34)30-21-10-17-9-18(25)7-6-15(17)11-28-21/h3-7,9-11,14,19,32H,8,12-13H2,1-2H3,(H,29,33)(H,28,30,34)/t14-,19+/m1/s1. The van der Waals surface area contributed by atoms with Crippen LogP contribution < -0.4 is 10.6 Å². The molecule has 3 N–H and O–H groups in total. The van der Waals surface area contributed by atoms with Crippen LogP contribution in [0.3, 0.4) is 0 Å². The SMILES string of the molecule is C[C@@H](O)C[C@@H](COC(=O)Nc1cc2cc(F)ccc2cn1)N(C)C(=O)NCc1cccc(F)c1F. The largest absolute Gasteiger partial charge is 0.447 e. The first-order chi connectivity index (χ1) is 16.6. The first-order valence-corrected chi connectivity index (χ1v) is 10.7. The van der Waals surface area contributed by atoms with Crippen LogP contribution in [-0.4, -0.2) is 52.9 Å². The van der Waals surface area contributed by atoms with E-state index in [0.717, 1.165) is 6.07 Å². The number of likely N-dealkylation sites (N-methyl/N-ethyl adjacent to an activating group) is 1. The number of aliphatic hydroxyl groups excluding tert-OH is 1. The molecule has 3 rings (SSSR count). The summed E-state index contributed by atoms with van der Waals surface area (Å²) in [5.74, 6) is -2.37. The van der Waals surface area contributed by atoms with Gasteiger partial charge in [-0.2, -0.15) is 0 Å². The molecule has 0 spiro atoms. The third-order valence-electron chi connectivity index (χ3n) is 5.26. The highest BCUT2D eigenvalue weighted by Gasteiger charge is 2.24. The van der Waals surface area contributed by atoms with E-state index >= 15 is 0 Å². The van der Waals surface area contributed by atoms with Crippen molar-refractivity contribution in [2.75, 3.05) is 19.0 Å². The van der Waals surface area contributed by atoms with Gasteiger partial charge >= 0.3 is 12.1 Å². The van der Waals surface area contributed by atoms with Gasteiger partial charge in [0.2, 0.25) is 0 Å². The van der Waals surface area contributed by atoms with Crippen molar-refractivity contribution in [3.05, 3.63) is 71.7 Å². The number of benzene rings is 2. The smallest absolute Gasteiger partial charge is 0.412 e. The molecule has 2 atom stereocenters. The van der Waals surface area contributed by atoms with Crippen LogP contribution in [0.25, 0.3) is 10.8 Å². The van der Waals surface area contributed by atoms with Crippen molar-refractivity contribution in [2.45, 2.75) is 32.0 Å². The number of halogens is 3. The van der Waals surface area contributed by atoms with Crippen molar-refractivity contribution in [3.8, 4) is 0 Å². The van der Waals surface area contributed by atoms with Gasteiger partial charge in [-0.05, 0) is 49.1 Å². The number of nitrogens with zero attached hydrogens (tertiary/aromatic N) is 2. The number of aliphatic hydroxyl groups is 1. The van der Waals surface area contributed by atoms with E-state index in [4.69, 9.17) is 4.74 Å². The van der Waals surface area contributed by atoms with E-state index in [-0.39, 0.29) is 31.0 Å². The fourth-order valence-electron chi connectivity index (χ4n) is 3.37. The topological polar surface area (TPSA) is 104 Å². The number of amides is 3. The average Bonchev–Trinajstić information content (AvgIpc) is 2.81. The Morgan fingerprint density at radius 3 is 2.66 bits per heavy atom. The number of aromatic nitrogens is 1. The number of pyridine rings is 1. The lowest BCUT2D eigenvalue weighted by Gasteiger charge is -2.29. The fraction of sp³-hybridized carbons (Fsp3) is 0.292. The van der Waals surface area contributed by atoms with Crippen LogP contribution in [0.1, 0.15) is 18.9 Å². The molecule has 0 aliphatic rings. The lowest BCUT2D eigenvalue weighted by Crippen LogP contribution is -2.47. The predicted molar refractivity (Wildman–Crippen MR) is 123 cm³/mol. The lowest BCUT2D eigenvalue weighted by molar-refractivity contribution is 0.0847. The Labute approximate surface area is 199 Å². The Balaban J connectivity index is 1.58. The molecule has 8 nitrogen and oxygen atoms in total. The van der Waals surface area contributed by atoms with Gasteiger partial charge in [0.05, 0.1) is 12.1 Å². The van der Waals surface area contributed by atoms with E-state index in [0.29, 0.717) is 10.8 Å². The average molecular weight is 490 g/mol. The quantitative estimate of drug-likeness (QED) is 0.440. The van der Waals surface area contributed by atoms with Gasteiger partial charge in [0.25, 0.3) is 0 Å². The van der Waals surface area contributed by atoms with E-state index in [1.807, 2.05) is 0 Å². The Kier molecular flexibility index (Phi) is 8.48. The highest BCUT2D eigenvalue weighted by atomic mass is 19.2. The van der Waals surface area contributed by atoms with Crippen molar-refractivity contribution in [1.29, 1.82) is 0 Å². The molecule has 3 amide bonds. The van der Waals surface area contributed by atoms with Gasteiger partial charge in [-0.15, -0.1) is 0 Å². The van der Waals surface area contributed by atoms with Crippen LogP contribution in [0.2, 0.25) is 0 Å². The number of nitrogens with one attached hydrogen (secondary N) is 2. The second kappa shape index (κ2) is 11.5. The van der Waals surface area contributed by atoms with Gasteiger partial charge in [0.1, 0.15) is 18.2 Å². The van der Waals surface area contributed by atoms with E-state index in [1.54, 1.807) is 6.07 Å². The summed E-state index contributed by atoms with van der Waals surface area (Å²) in [5, 5.41) is 15.9. The molecule has 35 heavy (non-hydrogen) atoms. The summed E-state index contributed by atoms with van der Waals surface area (Å²) >= 11 is 0. The number of anilines is 1. The van der Waals surface area contributed by atoms with E-state index < -0.39 is 41.7 Å². The molecule has 1 aromatic heterocycles. The van der Waals surface area contributed by atoms with Gasteiger partial charge in [-0.3, -0.25) is 5.32 Å². The van der Waals surface area contributed by atoms with Gasteiger partial charge in [0.15, 0.2) is 11.6 Å². The molecular formula is C24H25F3N4O4. The Bertz CT molecular complexity index is 1210. The Morgan fingerprint density at radius 1 is 1.14 bits per heavy atom.